The molecule has 2 nitrogen and oxygen atoms in total. The number of hydrogen-bond acceptors (Lipinski definition) is 6. The van der Waals surface area contributed by atoms with Gasteiger partial charge in [-0.1, -0.05) is 48.3 Å². The van der Waals surface area contributed by atoms with Gasteiger partial charge >= 0.3 is 0 Å². The Morgan fingerprint density at radius 1 is 0.786 bits per heavy atom. The van der Waals surface area contributed by atoms with Crippen LogP contribution in [0.4, 0.5) is 0 Å². The minimum absolute atomic E-state index is 0.239. The standard InChI is InChI=1S/C4H10O2S4.C4H10/c5-1-3-7-9-10-8-4-2-6;1-3-4-2/h5-6H,1-4H2;3-4H2,1-2H3. The summed E-state index contributed by atoms with van der Waals surface area (Å²) in [5, 5.41) is 16.8. The third-order valence-electron chi connectivity index (χ3n) is 0.973. The van der Waals surface area contributed by atoms with Crippen LogP contribution < -0.4 is 0 Å². The van der Waals surface area contributed by atoms with E-state index < -0.39 is 0 Å². The predicted octanol–water partition coefficient (Wildman–Crippen LogP) is 3.46. The van der Waals surface area contributed by atoms with E-state index in [1.54, 1.807) is 41.2 Å². The Balaban J connectivity index is 0. The van der Waals surface area contributed by atoms with Crippen molar-refractivity contribution in [1.82, 2.24) is 0 Å². The van der Waals surface area contributed by atoms with Crippen molar-refractivity contribution in [1.29, 1.82) is 0 Å². The molecule has 0 radical (unpaired) electrons. The van der Waals surface area contributed by atoms with Crippen molar-refractivity contribution >= 4 is 41.2 Å². The van der Waals surface area contributed by atoms with Crippen LogP contribution in [0, 0.1) is 0 Å². The van der Waals surface area contributed by atoms with Crippen LogP contribution in [0.1, 0.15) is 26.7 Å². The summed E-state index contributed by atoms with van der Waals surface area (Å²) < 4.78 is 0. The number of unbranched alkanes of at least 4 members (excludes halogenated alkanes) is 1. The van der Waals surface area contributed by atoms with Gasteiger partial charge < -0.3 is 10.2 Å². The second kappa shape index (κ2) is 19.8. The number of rotatable bonds is 8. The van der Waals surface area contributed by atoms with Gasteiger partial charge in [0.1, 0.15) is 0 Å². The Kier molecular flexibility index (Phi) is 25.1. The zero-order valence-corrected chi connectivity index (χ0v) is 12.0. The van der Waals surface area contributed by atoms with Crippen LogP contribution in [0.15, 0.2) is 0 Å². The van der Waals surface area contributed by atoms with Gasteiger partial charge in [-0.3, -0.25) is 0 Å². The molecule has 0 rings (SSSR count). The third-order valence-corrected chi connectivity index (χ3v) is 7.40. The molecule has 0 aliphatic heterocycles. The smallest absolute Gasteiger partial charge is 0.0530 e. The van der Waals surface area contributed by atoms with Gasteiger partial charge in [0.15, 0.2) is 0 Å². The van der Waals surface area contributed by atoms with E-state index in [0.717, 1.165) is 11.5 Å². The number of hydrogen-bond donors (Lipinski definition) is 2. The van der Waals surface area contributed by atoms with E-state index in [2.05, 4.69) is 13.8 Å². The summed E-state index contributed by atoms with van der Waals surface area (Å²) in [4.78, 5) is 0. The molecule has 0 atom stereocenters. The van der Waals surface area contributed by atoms with Crippen molar-refractivity contribution in [3.8, 4) is 0 Å². The highest BCUT2D eigenvalue weighted by Crippen LogP contribution is 2.42. The minimum atomic E-state index is 0.239. The van der Waals surface area contributed by atoms with Crippen LogP contribution in [-0.4, -0.2) is 34.9 Å². The lowest BCUT2D eigenvalue weighted by molar-refractivity contribution is 0.322. The molecule has 0 aromatic carbocycles. The van der Waals surface area contributed by atoms with Crippen LogP contribution in [0.5, 0.6) is 0 Å². The molecule has 0 amide bonds. The van der Waals surface area contributed by atoms with Crippen molar-refractivity contribution in [2.75, 3.05) is 24.7 Å². The largest absolute Gasteiger partial charge is 0.395 e. The number of aliphatic hydroxyl groups is 2. The maximum Gasteiger partial charge on any atom is 0.0530 e. The zero-order valence-electron chi connectivity index (χ0n) is 8.77. The Bertz CT molecular complexity index is 75.7. The van der Waals surface area contributed by atoms with Gasteiger partial charge in [0.25, 0.3) is 0 Å². The maximum absolute atomic E-state index is 8.38. The van der Waals surface area contributed by atoms with E-state index in [9.17, 15) is 0 Å². The fourth-order valence-electron chi connectivity index (χ4n) is 0.182. The van der Waals surface area contributed by atoms with Crippen LogP contribution in [0.3, 0.4) is 0 Å². The predicted molar refractivity (Wildman–Crippen MR) is 74.9 cm³/mol. The van der Waals surface area contributed by atoms with Gasteiger partial charge in [0.2, 0.25) is 0 Å². The first-order valence-corrected chi connectivity index (χ1v) is 9.78. The summed E-state index contributed by atoms with van der Waals surface area (Å²) in [6, 6.07) is 0. The van der Waals surface area contributed by atoms with E-state index in [4.69, 9.17) is 10.2 Å². The van der Waals surface area contributed by atoms with Gasteiger partial charge in [-0.2, -0.15) is 0 Å². The summed E-state index contributed by atoms with van der Waals surface area (Å²) in [6.45, 7) is 4.84. The summed E-state index contributed by atoms with van der Waals surface area (Å²) in [7, 11) is 6.55. The molecule has 0 saturated heterocycles. The molecule has 0 fully saturated rings. The molecule has 88 valence electrons. The lowest BCUT2D eigenvalue weighted by Gasteiger charge is -1.95. The minimum Gasteiger partial charge on any atom is -0.395 e. The van der Waals surface area contributed by atoms with E-state index in [-0.39, 0.29) is 13.2 Å². The van der Waals surface area contributed by atoms with Crippen molar-refractivity contribution in [3.63, 3.8) is 0 Å². The molecule has 0 spiro atoms. The molecule has 0 saturated carbocycles. The van der Waals surface area contributed by atoms with Gasteiger partial charge in [-0.15, -0.1) is 0 Å². The molecule has 6 heteroatoms. The fraction of sp³-hybridized carbons (Fsp3) is 1.00. The monoisotopic (exact) mass is 276 g/mol. The molecule has 0 aliphatic rings. The summed E-state index contributed by atoms with van der Waals surface area (Å²) in [5.74, 6) is 1.55. The number of aliphatic hydroxyl groups excluding tert-OH is 2. The van der Waals surface area contributed by atoms with Gasteiger partial charge in [-0.25, -0.2) is 0 Å². The highest BCUT2D eigenvalue weighted by Gasteiger charge is 1.90. The molecule has 2 N–H and O–H groups in total. The van der Waals surface area contributed by atoms with Gasteiger partial charge in [0.05, 0.1) is 13.2 Å². The average molecular weight is 277 g/mol. The van der Waals surface area contributed by atoms with Crippen LogP contribution in [-0.2, 0) is 0 Å². The highest BCUT2D eigenvalue weighted by molar-refractivity contribution is 9.26. The van der Waals surface area contributed by atoms with E-state index in [0.29, 0.717) is 0 Å². The third kappa shape index (κ3) is 23.3. The van der Waals surface area contributed by atoms with E-state index in [1.807, 2.05) is 0 Å². The van der Waals surface area contributed by atoms with Crippen molar-refractivity contribution in [2.45, 2.75) is 26.7 Å². The quantitative estimate of drug-likeness (QED) is 0.523. The van der Waals surface area contributed by atoms with E-state index >= 15 is 0 Å². The molecular weight excluding hydrogens is 256 g/mol. The molecule has 0 bridgehead atoms. The summed E-state index contributed by atoms with van der Waals surface area (Å²) in [6.07, 6.45) is 2.64. The molecule has 0 unspecified atom stereocenters. The summed E-state index contributed by atoms with van der Waals surface area (Å²) >= 11 is 0. The maximum atomic E-state index is 8.38. The SMILES string of the molecule is CCCC.OCCSSSSCCO. The molecule has 0 heterocycles. The van der Waals surface area contributed by atoms with Crippen molar-refractivity contribution < 1.29 is 10.2 Å². The molecule has 0 aliphatic carbocycles. The lowest BCUT2D eigenvalue weighted by Crippen LogP contribution is -1.81. The van der Waals surface area contributed by atoms with Crippen LogP contribution >= 0.6 is 41.2 Å². The first-order chi connectivity index (χ1) is 6.83. The lowest BCUT2D eigenvalue weighted by atomic mass is 10.4. The zero-order chi connectivity index (χ0) is 11.1. The molecule has 14 heavy (non-hydrogen) atoms. The molecule has 0 aromatic rings. The molecule has 0 aromatic heterocycles. The topological polar surface area (TPSA) is 40.5 Å². The second-order valence-electron chi connectivity index (χ2n) is 2.23. The van der Waals surface area contributed by atoms with Crippen LogP contribution in [0.25, 0.3) is 0 Å². The first-order valence-electron chi connectivity index (χ1n) is 4.62. The Morgan fingerprint density at radius 3 is 1.36 bits per heavy atom. The van der Waals surface area contributed by atoms with Crippen molar-refractivity contribution in [2.24, 2.45) is 0 Å². The second-order valence-corrected chi connectivity index (χ2v) is 8.47. The van der Waals surface area contributed by atoms with E-state index in [1.165, 1.54) is 12.8 Å². The normalized spacial score (nSPS) is 9.43. The summed E-state index contributed by atoms with van der Waals surface area (Å²) in [5.41, 5.74) is 0. The Hall–Kier alpha value is 1.32. The van der Waals surface area contributed by atoms with Crippen molar-refractivity contribution in [3.05, 3.63) is 0 Å². The van der Waals surface area contributed by atoms with Crippen LogP contribution in [0.2, 0.25) is 0 Å². The average Bonchev–Trinajstić information content (AvgIpc) is 2.24. The Labute approximate surface area is 103 Å². The van der Waals surface area contributed by atoms with Gasteiger partial charge in [0, 0.05) is 11.5 Å². The fourth-order valence-corrected chi connectivity index (χ4v) is 5.69. The van der Waals surface area contributed by atoms with Gasteiger partial charge in [-0.05, 0) is 19.7 Å². The Morgan fingerprint density at radius 2 is 1.14 bits per heavy atom. The first kappa shape index (κ1) is 17.7. The highest BCUT2D eigenvalue weighted by atomic mass is 33.7. The molecular formula is C8H20O2S4.